The van der Waals surface area contributed by atoms with Crippen molar-refractivity contribution in [3.63, 3.8) is 0 Å². The summed E-state index contributed by atoms with van der Waals surface area (Å²) >= 11 is 0. The zero-order valence-electron chi connectivity index (χ0n) is 9.10. The third-order valence-electron chi connectivity index (χ3n) is 2.16. The minimum Gasteiger partial charge on any atom is -0.478 e. The molecule has 88 valence electrons. The monoisotopic (exact) mass is 233 g/mol. The van der Waals surface area contributed by atoms with Gasteiger partial charge in [0.05, 0.1) is 5.56 Å². The van der Waals surface area contributed by atoms with Gasteiger partial charge in [-0.05, 0) is 19.1 Å². The van der Waals surface area contributed by atoms with Crippen molar-refractivity contribution in [3.05, 3.63) is 35.5 Å². The minimum atomic E-state index is -1.07. The lowest BCUT2D eigenvalue weighted by atomic mass is 10.2. The van der Waals surface area contributed by atoms with E-state index in [4.69, 9.17) is 15.6 Å². The molecule has 6 heteroatoms. The van der Waals surface area contributed by atoms with Crippen molar-refractivity contribution in [1.82, 2.24) is 10.2 Å². The van der Waals surface area contributed by atoms with Crippen LogP contribution in [-0.4, -0.2) is 21.3 Å². The lowest BCUT2D eigenvalue weighted by molar-refractivity contribution is 0.0698. The van der Waals surface area contributed by atoms with E-state index in [1.807, 2.05) is 6.92 Å². The van der Waals surface area contributed by atoms with Crippen LogP contribution >= 0.6 is 0 Å². The number of ether oxygens (including phenoxy) is 1. The topological polar surface area (TPSA) is 101 Å². The minimum absolute atomic E-state index is 0.0514. The Bertz CT molecular complexity index is 563. The van der Waals surface area contributed by atoms with Gasteiger partial charge in [0, 0.05) is 23.5 Å². The standard InChI is InChI=1S/C11H11N3O3/c1-6-4-10(14-13-6)17-7-2-3-8(11(15)16)9(12)5-7/h2-5H,12H2,1H3,(H,13,14)(H,15,16). The zero-order chi connectivity index (χ0) is 12.4. The van der Waals surface area contributed by atoms with Gasteiger partial charge in [-0.15, -0.1) is 5.10 Å². The fourth-order valence-electron chi connectivity index (χ4n) is 1.37. The van der Waals surface area contributed by atoms with Crippen molar-refractivity contribution in [1.29, 1.82) is 0 Å². The van der Waals surface area contributed by atoms with E-state index in [1.165, 1.54) is 18.2 Å². The lowest BCUT2D eigenvalue weighted by Crippen LogP contribution is -2.02. The summed E-state index contributed by atoms with van der Waals surface area (Å²) in [5.74, 6) is -0.214. The number of nitrogens with one attached hydrogen (secondary N) is 1. The Morgan fingerprint density at radius 2 is 2.24 bits per heavy atom. The number of aromatic carboxylic acids is 1. The highest BCUT2D eigenvalue weighted by molar-refractivity contribution is 5.93. The average Bonchev–Trinajstić information content (AvgIpc) is 2.63. The van der Waals surface area contributed by atoms with E-state index < -0.39 is 5.97 Å². The molecule has 0 aliphatic heterocycles. The van der Waals surface area contributed by atoms with Crippen LogP contribution in [0.15, 0.2) is 24.3 Å². The number of hydrogen-bond acceptors (Lipinski definition) is 4. The first-order chi connectivity index (χ1) is 8.06. The number of benzene rings is 1. The Balaban J connectivity index is 2.23. The van der Waals surface area contributed by atoms with E-state index in [2.05, 4.69) is 10.2 Å². The number of carboxylic acids is 1. The second-order valence-electron chi connectivity index (χ2n) is 3.55. The Labute approximate surface area is 97.0 Å². The summed E-state index contributed by atoms with van der Waals surface area (Å²) in [7, 11) is 0. The second-order valence-corrected chi connectivity index (χ2v) is 3.55. The Morgan fingerprint density at radius 1 is 1.47 bits per heavy atom. The van der Waals surface area contributed by atoms with Crippen LogP contribution in [0.25, 0.3) is 0 Å². The van der Waals surface area contributed by atoms with E-state index >= 15 is 0 Å². The van der Waals surface area contributed by atoms with Crippen molar-refractivity contribution in [2.24, 2.45) is 0 Å². The first kappa shape index (κ1) is 11.0. The predicted molar refractivity (Wildman–Crippen MR) is 61.2 cm³/mol. The van der Waals surface area contributed by atoms with Crippen LogP contribution in [-0.2, 0) is 0 Å². The molecule has 1 heterocycles. The van der Waals surface area contributed by atoms with Gasteiger partial charge in [-0.25, -0.2) is 4.79 Å². The van der Waals surface area contributed by atoms with Crippen LogP contribution in [0, 0.1) is 6.92 Å². The highest BCUT2D eigenvalue weighted by Gasteiger charge is 2.09. The molecule has 0 aliphatic carbocycles. The van der Waals surface area contributed by atoms with Crippen molar-refractivity contribution >= 4 is 11.7 Å². The lowest BCUT2D eigenvalue weighted by Gasteiger charge is -2.05. The molecule has 0 fully saturated rings. The van der Waals surface area contributed by atoms with Gasteiger partial charge in [0.15, 0.2) is 0 Å². The van der Waals surface area contributed by atoms with Gasteiger partial charge in [0.25, 0.3) is 0 Å². The van der Waals surface area contributed by atoms with Crippen LogP contribution in [0.2, 0.25) is 0 Å². The highest BCUT2D eigenvalue weighted by atomic mass is 16.5. The van der Waals surface area contributed by atoms with Gasteiger partial charge in [0.2, 0.25) is 5.88 Å². The normalized spacial score (nSPS) is 10.2. The van der Waals surface area contributed by atoms with Gasteiger partial charge < -0.3 is 15.6 Å². The van der Waals surface area contributed by atoms with E-state index in [0.29, 0.717) is 11.6 Å². The maximum atomic E-state index is 10.8. The summed E-state index contributed by atoms with van der Waals surface area (Å²) < 4.78 is 5.40. The molecule has 0 unspecified atom stereocenters. The molecule has 4 N–H and O–H groups in total. The van der Waals surface area contributed by atoms with Crippen molar-refractivity contribution in [3.8, 4) is 11.6 Å². The number of nitrogens with zero attached hydrogens (tertiary/aromatic N) is 1. The third-order valence-corrected chi connectivity index (χ3v) is 2.16. The number of aromatic amines is 1. The number of aromatic nitrogens is 2. The van der Waals surface area contributed by atoms with Crippen LogP contribution in [0.5, 0.6) is 11.6 Å². The van der Waals surface area contributed by atoms with Crippen molar-refractivity contribution in [2.75, 3.05) is 5.73 Å². The first-order valence-electron chi connectivity index (χ1n) is 4.89. The molecule has 2 aromatic rings. The number of nitrogen functional groups attached to an aromatic ring is 1. The van der Waals surface area contributed by atoms with E-state index in [9.17, 15) is 4.79 Å². The number of hydrogen-bond donors (Lipinski definition) is 3. The average molecular weight is 233 g/mol. The molecule has 0 atom stereocenters. The van der Waals surface area contributed by atoms with Gasteiger partial charge >= 0.3 is 5.97 Å². The SMILES string of the molecule is Cc1cc(Oc2ccc(C(=O)O)c(N)c2)n[nH]1. The fourth-order valence-corrected chi connectivity index (χ4v) is 1.37. The Kier molecular flexibility index (Phi) is 2.70. The number of rotatable bonds is 3. The molecule has 0 amide bonds. The molecule has 6 nitrogen and oxygen atoms in total. The largest absolute Gasteiger partial charge is 0.478 e. The van der Waals surface area contributed by atoms with Crippen molar-refractivity contribution in [2.45, 2.75) is 6.92 Å². The van der Waals surface area contributed by atoms with Crippen LogP contribution in [0.1, 0.15) is 16.1 Å². The molecule has 17 heavy (non-hydrogen) atoms. The quantitative estimate of drug-likeness (QED) is 0.701. The molecule has 0 bridgehead atoms. The number of aryl methyl sites for hydroxylation is 1. The molecule has 0 spiro atoms. The second kappa shape index (κ2) is 4.17. The molecule has 0 radical (unpaired) electrons. The maximum Gasteiger partial charge on any atom is 0.337 e. The van der Waals surface area contributed by atoms with Crippen LogP contribution < -0.4 is 10.5 Å². The summed E-state index contributed by atoms with van der Waals surface area (Å²) in [6.45, 7) is 1.85. The molecule has 1 aromatic heterocycles. The summed E-state index contributed by atoms with van der Waals surface area (Å²) in [6, 6.07) is 6.10. The molecule has 0 aliphatic rings. The van der Waals surface area contributed by atoms with Gasteiger partial charge in [-0.1, -0.05) is 0 Å². The number of anilines is 1. The van der Waals surface area contributed by atoms with Gasteiger partial charge in [-0.3, -0.25) is 5.10 Å². The molecule has 1 aromatic carbocycles. The number of carboxylic acid groups (broad SMARTS) is 1. The van der Waals surface area contributed by atoms with E-state index in [-0.39, 0.29) is 11.3 Å². The highest BCUT2D eigenvalue weighted by Crippen LogP contribution is 2.24. The summed E-state index contributed by atoms with van der Waals surface area (Å²) in [6.07, 6.45) is 0. The third kappa shape index (κ3) is 2.36. The molecule has 2 rings (SSSR count). The number of H-pyrrole nitrogens is 1. The Hall–Kier alpha value is -2.50. The number of carbonyl (C=O) groups is 1. The van der Waals surface area contributed by atoms with Gasteiger partial charge in [0.1, 0.15) is 5.75 Å². The Morgan fingerprint density at radius 3 is 2.76 bits per heavy atom. The maximum absolute atomic E-state index is 10.8. The van der Waals surface area contributed by atoms with Crippen molar-refractivity contribution < 1.29 is 14.6 Å². The predicted octanol–water partition coefficient (Wildman–Crippen LogP) is 1.79. The fraction of sp³-hybridized carbons (Fsp3) is 0.0909. The molecular weight excluding hydrogens is 222 g/mol. The van der Waals surface area contributed by atoms with Crippen LogP contribution in [0.3, 0.4) is 0 Å². The summed E-state index contributed by atoms with van der Waals surface area (Å²) in [5, 5.41) is 15.4. The van der Waals surface area contributed by atoms with Gasteiger partial charge in [-0.2, -0.15) is 0 Å². The number of nitrogens with two attached hydrogens (primary N) is 1. The molecular formula is C11H11N3O3. The van der Waals surface area contributed by atoms with E-state index in [1.54, 1.807) is 6.07 Å². The summed E-state index contributed by atoms with van der Waals surface area (Å²) in [4.78, 5) is 10.8. The van der Waals surface area contributed by atoms with E-state index in [0.717, 1.165) is 5.69 Å². The first-order valence-corrected chi connectivity index (χ1v) is 4.89. The molecule has 0 saturated carbocycles. The zero-order valence-corrected chi connectivity index (χ0v) is 9.10. The van der Waals surface area contributed by atoms with Crippen LogP contribution in [0.4, 0.5) is 5.69 Å². The molecule has 0 saturated heterocycles. The summed E-state index contributed by atoms with van der Waals surface area (Å²) in [5.41, 5.74) is 6.67. The smallest absolute Gasteiger partial charge is 0.337 e.